The zero-order chi connectivity index (χ0) is 18.6. The first-order chi connectivity index (χ1) is 12.6. The zero-order valence-electron chi connectivity index (χ0n) is 15.8. The van der Waals surface area contributed by atoms with Crippen molar-refractivity contribution in [2.75, 3.05) is 26.7 Å². The SMILES string of the molecule is CCCCN1C(=O)c2cc(C=CC(=O)OC)ccc2OC12CCNCC2.Cl. The second-order valence-corrected chi connectivity index (χ2v) is 6.72. The van der Waals surface area contributed by atoms with Crippen LogP contribution in [0.4, 0.5) is 0 Å². The number of benzene rings is 1. The molecule has 27 heavy (non-hydrogen) atoms. The highest BCUT2D eigenvalue weighted by Crippen LogP contribution is 2.39. The number of carbonyl (C=O) groups excluding carboxylic acids is 2. The number of nitrogens with zero attached hydrogens (tertiary/aromatic N) is 1. The lowest BCUT2D eigenvalue weighted by atomic mass is 9.94. The second kappa shape index (κ2) is 9.24. The molecule has 1 amide bonds. The van der Waals surface area contributed by atoms with Gasteiger partial charge in [-0.2, -0.15) is 0 Å². The van der Waals surface area contributed by atoms with Gasteiger partial charge in [0.2, 0.25) is 0 Å². The molecule has 2 aliphatic heterocycles. The van der Waals surface area contributed by atoms with Crippen LogP contribution in [-0.4, -0.2) is 49.2 Å². The van der Waals surface area contributed by atoms with Gasteiger partial charge in [-0.1, -0.05) is 19.4 Å². The Bertz CT molecular complexity index is 714. The number of hydrogen-bond donors (Lipinski definition) is 1. The molecular formula is C20H27ClN2O4. The molecule has 2 aliphatic rings. The number of fused-ring (bicyclic) bond motifs is 1. The van der Waals surface area contributed by atoms with Crippen LogP contribution in [-0.2, 0) is 9.53 Å². The summed E-state index contributed by atoms with van der Waals surface area (Å²) in [5, 5.41) is 3.34. The molecule has 2 heterocycles. The normalized spacial score (nSPS) is 18.0. The number of esters is 1. The van der Waals surface area contributed by atoms with Crippen molar-refractivity contribution in [2.45, 2.75) is 38.3 Å². The third-order valence-electron chi connectivity index (χ3n) is 5.00. The third-order valence-corrected chi connectivity index (χ3v) is 5.00. The Labute approximate surface area is 166 Å². The molecule has 0 aliphatic carbocycles. The molecule has 7 heteroatoms. The van der Waals surface area contributed by atoms with E-state index in [1.54, 1.807) is 12.1 Å². The maximum absolute atomic E-state index is 13.3. The minimum absolute atomic E-state index is 0. The molecule has 1 fully saturated rings. The number of amides is 1. The quantitative estimate of drug-likeness (QED) is 0.614. The highest BCUT2D eigenvalue weighted by Gasteiger charge is 2.47. The number of piperidine rings is 1. The Morgan fingerprint density at radius 3 is 2.78 bits per heavy atom. The smallest absolute Gasteiger partial charge is 0.330 e. The standard InChI is InChI=1S/C20H26N2O4.ClH/c1-3-4-13-22-19(24)16-14-15(6-8-18(23)25-2)5-7-17(16)26-20(22)9-11-21-12-10-20;/h5-8,14,21H,3-4,9-13H2,1-2H3;1H. The molecule has 3 rings (SSSR count). The number of rotatable bonds is 5. The van der Waals surface area contributed by atoms with Crippen molar-refractivity contribution in [3.63, 3.8) is 0 Å². The summed E-state index contributed by atoms with van der Waals surface area (Å²) in [4.78, 5) is 26.5. The van der Waals surface area contributed by atoms with Gasteiger partial charge in [0, 0.05) is 38.6 Å². The Morgan fingerprint density at radius 2 is 2.11 bits per heavy atom. The minimum atomic E-state index is -0.548. The van der Waals surface area contributed by atoms with Gasteiger partial charge in [-0.25, -0.2) is 4.79 Å². The number of unbranched alkanes of at least 4 members (excludes halogenated alkanes) is 1. The first-order valence-corrected chi connectivity index (χ1v) is 9.21. The van der Waals surface area contributed by atoms with Gasteiger partial charge in [0.15, 0.2) is 5.72 Å². The van der Waals surface area contributed by atoms with Crippen molar-refractivity contribution < 1.29 is 19.1 Å². The monoisotopic (exact) mass is 394 g/mol. The van der Waals surface area contributed by atoms with Gasteiger partial charge in [0.1, 0.15) is 5.75 Å². The van der Waals surface area contributed by atoms with Gasteiger partial charge in [-0.15, -0.1) is 12.4 Å². The van der Waals surface area contributed by atoms with Crippen LogP contribution in [0.3, 0.4) is 0 Å². The summed E-state index contributed by atoms with van der Waals surface area (Å²) in [6.45, 7) is 4.49. The van der Waals surface area contributed by atoms with Crippen LogP contribution in [0.15, 0.2) is 24.3 Å². The molecule has 1 aromatic carbocycles. The Hall–Kier alpha value is -2.05. The first-order valence-electron chi connectivity index (χ1n) is 9.21. The maximum Gasteiger partial charge on any atom is 0.330 e. The van der Waals surface area contributed by atoms with Gasteiger partial charge < -0.3 is 19.7 Å². The van der Waals surface area contributed by atoms with E-state index in [-0.39, 0.29) is 18.3 Å². The summed E-state index contributed by atoms with van der Waals surface area (Å²) in [7, 11) is 1.33. The van der Waals surface area contributed by atoms with Gasteiger partial charge in [-0.3, -0.25) is 4.79 Å². The van der Waals surface area contributed by atoms with E-state index < -0.39 is 11.7 Å². The molecule has 1 saturated heterocycles. The number of ether oxygens (including phenoxy) is 2. The maximum atomic E-state index is 13.3. The molecule has 1 spiro atoms. The highest BCUT2D eigenvalue weighted by atomic mass is 35.5. The molecule has 6 nitrogen and oxygen atoms in total. The summed E-state index contributed by atoms with van der Waals surface area (Å²) in [6, 6.07) is 5.46. The van der Waals surface area contributed by atoms with Crippen LogP contribution in [0.2, 0.25) is 0 Å². The number of carbonyl (C=O) groups is 2. The van der Waals surface area contributed by atoms with E-state index in [0.29, 0.717) is 17.9 Å². The van der Waals surface area contributed by atoms with E-state index in [2.05, 4.69) is 17.0 Å². The van der Waals surface area contributed by atoms with Gasteiger partial charge in [-0.05, 0) is 30.2 Å². The fourth-order valence-electron chi connectivity index (χ4n) is 3.54. The van der Waals surface area contributed by atoms with Crippen LogP contribution >= 0.6 is 12.4 Å². The average molecular weight is 395 g/mol. The van der Waals surface area contributed by atoms with E-state index in [1.165, 1.54) is 13.2 Å². The number of nitrogens with one attached hydrogen (secondary N) is 1. The molecule has 0 aromatic heterocycles. The summed E-state index contributed by atoms with van der Waals surface area (Å²) in [5.41, 5.74) is 0.772. The van der Waals surface area contributed by atoms with Crippen LogP contribution in [0.5, 0.6) is 5.75 Å². The largest absolute Gasteiger partial charge is 0.467 e. The van der Waals surface area contributed by atoms with Crippen molar-refractivity contribution in [1.82, 2.24) is 10.2 Å². The van der Waals surface area contributed by atoms with E-state index in [1.807, 2.05) is 17.0 Å². The first kappa shape index (κ1) is 21.3. The Morgan fingerprint density at radius 1 is 1.37 bits per heavy atom. The van der Waals surface area contributed by atoms with Crippen molar-refractivity contribution in [3.8, 4) is 5.75 Å². The van der Waals surface area contributed by atoms with E-state index >= 15 is 0 Å². The summed E-state index contributed by atoms with van der Waals surface area (Å²) in [5.74, 6) is 0.207. The number of methoxy groups -OCH3 is 1. The molecule has 1 N–H and O–H groups in total. The molecule has 0 radical (unpaired) electrons. The zero-order valence-corrected chi connectivity index (χ0v) is 16.6. The lowest BCUT2D eigenvalue weighted by molar-refractivity contribution is -0.134. The van der Waals surface area contributed by atoms with Crippen LogP contribution in [0, 0.1) is 0 Å². The van der Waals surface area contributed by atoms with Crippen LogP contribution in [0.1, 0.15) is 48.5 Å². The molecule has 0 bridgehead atoms. The summed E-state index contributed by atoms with van der Waals surface area (Å²) >= 11 is 0. The van der Waals surface area contributed by atoms with E-state index in [0.717, 1.165) is 44.3 Å². The predicted molar refractivity (Wildman–Crippen MR) is 106 cm³/mol. The fourth-order valence-corrected chi connectivity index (χ4v) is 3.54. The lowest BCUT2D eigenvalue weighted by Gasteiger charge is -2.49. The molecule has 0 unspecified atom stereocenters. The Balaban J connectivity index is 0.00000261. The second-order valence-electron chi connectivity index (χ2n) is 6.72. The van der Waals surface area contributed by atoms with Crippen molar-refractivity contribution in [1.29, 1.82) is 0 Å². The van der Waals surface area contributed by atoms with Crippen molar-refractivity contribution >= 4 is 30.4 Å². The van der Waals surface area contributed by atoms with Gasteiger partial charge >= 0.3 is 5.97 Å². The van der Waals surface area contributed by atoms with Crippen LogP contribution < -0.4 is 10.1 Å². The van der Waals surface area contributed by atoms with Crippen molar-refractivity contribution in [2.24, 2.45) is 0 Å². The summed E-state index contributed by atoms with van der Waals surface area (Å²) in [6.07, 6.45) is 6.52. The lowest BCUT2D eigenvalue weighted by Crippen LogP contribution is -2.62. The molecule has 0 atom stereocenters. The predicted octanol–water partition coefficient (Wildman–Crippen LogP) is 3.01. The number of halogens is 1. The minimum Gasteiger partial charge on any atom is -0.467 e. The summed E-state index contributed by atoms with van der Waals surface area (Å²) < 4.78 is 11.0. The molecule has 0 saturated carbocycles. The van der Waals surface area contributed by atoms with E-state index in [4.69, 9.17) is 4.74 Å². The van der Waals surface area contributed by atoms with E-state index in [9.17, 15) is 9.59 Å². The third kappa shape index (κ3) is 4.45. The van der Waals surface area contributed by atoms with Crippen molar-refractivity contribution in [3.05, 3.63) is 35.4 Å². The topological polar surface area (TPSA) is 67.9 Å². The highest BCUT2D eigenvalue weighted by molar-refractivity contribution is 5.99. The Kier molecular flexibility index (Phi) is 7.27. The molecule has 1 aromatic rings. The molecular weight excluding hydrogens is 368 g/mol. The van der Waals surface area contributed by atoms with Crippen LogP contribution in [0.25, 0.3) is 6.08 Å². The number of hydrogen-bond acceptors (Lipinski definition) is 5. The molecule has 148 valence electrons. The van der Waals surface area contributed by atoms with Gasteiger partial charge in [0.05, 0.1) is 12.7 Å². The average Bonchev–Trinajstić information content (AvgIpc) is 2.67. The fraction of sp³-hybridized carbons (Fsp3) is 0.500. The van der Waals surface area contributed by atoms with Gasteiger partial charge in [0.25, 0.3) is 5.91 Å².